The topological polar surface area (TPSA) is 52.2 Å². The zero-order valence-electron chi connectivity index (χ0n) is 14.1. The van der Waals surface area contributed by atoms with Crippen LogP contribution in [0.4, 0.5) is 5.69 Å². The Hall–Kier alpha value is -1.85. The Morgan fingerprint density at radius 1 is 1.21 bits per heavy atom. The minimum atomic E-state index is -0.0683. The second kappa shape index (κ2) is 7.36. The summed E-state index contributed by atoms with van der Waals surface area (Å²) in [6, 6.07) is 9.58. The van der Waals surface area contributed by atoms with E-state index in [4.69, 9.17) is 11.6 Å². The van der Waals surface area contributed by atoms with E-state index < -0.39 is 0 Å². The highest BCUT2D eigenvalue weighted by Crippen LogP contribution is 2.21. The predicted molar refractivity (Wildman–Crippen MR) is 97.9 cm³/mol. The van der Waals surface area contributed by atoms with Crippen LogP contribution < -0.4 is 10.5 Å². The number of hydrogen-bond acceptors (Lipinski definition) is 4. The lowest BCUT2D eigenvalue weighted by atomic mass is 10.2. The van der Waals surface area contributed by atoms with Crippen LogP contribution in [0.2, 0.25) is 5.02 Å². The molecule has 0 unspecified atom stereocenters. The number of H-pyrrole nitrogens is 1. The molecule has 24 heavy (non-hydrogen) atoms. The number of rotatable bonds is 4. The number of anilines is 1. The molecule has 1 saturated heterocycles. The summed E-state index contributed by atoms with van der Waals surface area (Å²) < 4.78 is 0. The number of benzene rings is 1. The number of aromatic nitrogens is 2. The van der Waals surface area contributed by atoms with Crippen LogP contribution in [0.3, 0.4) is 0 Å². The Bertz CT molecular complexity index is 751. The molecule has 5 nitrogen and oxygen atoms in total. The highest BCUT2D eigenvalue weighted by Gasteiger charge is 2.18. The van der Waals surface area contributed by atoms with Gasteiger partial charge in [-0.05, 0) is 18.2 Å². The second-order valence-electron chi connectivity index (χ2n) is 6.52. The molecule has 128 valence electrons. The average Bonchev–Trinajstić information content (AvgIpc) is 2.55. The van der Waals surface area contributed by atoms with Crippen molar-refractivity contribution in [3.8, 4) is 0 Å². The molecular formula is C18H23ClN4O. The summed E-state index contributed by atoms with van der Waals surface area (Å²) in [7, 11) is 0. The van der Waals surface area contributed by atoms with Crippen LogP contribution in [-0.4, -0.2) is 41.0 Å². The van der Waals surface area contributed by atoms with Gasteiger partial charge in [-0.2, -0.15) is 0 Å². The summed E-state index contributed by atoms with van der Waals surface area (Å²) in [4.78, 5) is 23.9. The van der Waals surface area contributed by atoms with Gasteiger partial charge in [-0.3, -0.25) is 9.69 Å². The van der Waals surface area contributed by atoms with Gasteiger partial charge in [0.05, 0.1) is 5.69 Å². The van der Waals surface area contributed by atoms with Gasteiger partial charge in [0.15, 0.2) is 0 Å². The molecule has 3 rings (SSSR count). The standard InChI is InChI=1S/C18H23ClN4O/c1-13(2)18-20-15(11-17(24)21-18)12-22-6-8-23(9-7-22)16-5-3-4-14(19)10-16/h3-5,10-11,13H,6-9,12H2,1-2H3,(H,20,21,24). The Labute approximate surface area is 147 Å². The third-order valence-electron chi connectivity index (χ3n) is 4.29. The van der Waals surface area contributed by atoms with E-state index >= 15 is 0 Å². The van der Waals surface area contributed by atoms with Crippen LogP contribution in [0.1, 0.15) is 31.3 Å². The van der Waals surface area contributed by atoms with Crippen LogP contribution >= 0.6 is 11.6 Å². The summed E-state index contributed by atoms with van der Waals surface area (Å²) >= 11 is 6.08. The number of halogens is 1. The van der Waals surface area contributed by atoms with E-state index in [-0.39, 0.29) is 11.5 Å². The van der Waals surface area contributed by atoms with Gasteiger partial charge in [-0.1, -0.05) is 31.5 Å². The molecule has 1 aliphatic rings. The smallest absolute Gasteiger partial charge is 0.251 e. The molecule has 0 bridgehead atoms. The predicted octanol–water partition coefficient (Wildman–Crippen LogP) is 2.87. The summed E-state index contributed by atoms with van der Waals surface area (Å²) in [6.45, 7) is 8.56. The average molecular weight is 347 g/mol. The lowest BCUT2D eigenvalue weighted by Gasteiger charge is -2.36. The highest BCUT2D eigenvalue weighted by molar-refractivity contribution is 6.30. The van der Waals surface area contributed by atoms with Gasteiger partial charge in [-0.15, -0.1) is 0 Å². The van der Waals surface area contributed by atoms with Gasteiger partial charge in [0.2, 0.25) is 0 Å². The Balaban J connectivity index is 1.62. The van der Waals surface area contributed by atoms with E-state index in [1.807, 2.05) is 32.0 Å². The van der Waals surface area contributed by atoms with Crippen LogP contribution in [0.25, 0.3) is 0 Å². The third kappa shape index (κ3) is 4.16. The number of nitrogens with zero attached hydrogens (tertiary/aromatic N) is 3. The number of hydrogen-bond donors (Lipinski definition) is 1. The molecule has 1 N–H and O–H groups in total. The van der Waals surface area contributed by atoms with Crippen molar-refractivity contribution in [1.82, 2.24) is 14.9 Å². The summed E-state index contributed by atoms with van der Waals surface area (Å²) in [5.41, 5.74) is 1.94. The van der Waals surface area contributed by atoms with Crippen LogP contribution in [-0.2, 0) is 6.54 Å². The first-order valence-electron chi connectivity index (χ1n) is 8.34. The maximum Gasteiger partial charge on any atom is 0.251 e. The van der Waals surface area contributed by atoms with Crippen molar-refractivity contribution in [2.45, 2.75) is 26.3 Å². The molecule has 0 atom stereocenters. The van der Waals surface area contributed by atoms with Crippen molar-refractivity contribution in [1.29, 1.82) is 0 Å². The lowest BCUT2D eigenvalue weighted by molar-refractivity contribution is 0.246. The fraction of sp³-hybridized carbons (Fsp3) is 0.444. The molecule has 0 saturated carbocycles. The largest absolute Gasteiger partial charge is 0.369 e. The first-order chi connectivity index (χ1) is 11.5. The molecule has 1 aromatic carbocycles. The Kier molecular flexibility index (Phi) is 5.21. The van der Waals surface area contributed by atoms with Gasteiger partial charge in [0.1, 0.15) is 5.82 Å². The van der Waals surface area contributed by atoms with E-state index in [1.165, 1.54) is 5.69 Å². The molecule has 0 spiro atoms. The molecule has 2 heterocycles. The van der Waals surface area contributed by atoms with Crippen molar-refractivity contribution in [3.63, 3.8) is 0 Å². The van der Waals surface area contributed by atoms with Crippen molar-refractivity contribution in [3.05, 3.63) is 57.2 Å². The first kappa shape index (κ1) is 17.0. The molecule has 0 radical (unpaired) electrons. The van der Waals surface area contributed by atoms with Gasteiger partial charge in [0.25, 0.3) is 5.56 Å². The minimum absolute atomic E-state index is 0.0683. The zero-order valence-corrected chi connectivity index (χ0v) is 14.9. The zero-order chi connectivity index (χ0) is 17.1. The van der Waals surface area contributed by atoms with E-state index in [0.717, 1.165) is 42.7 Å². The maximum atomic E-state index is 11.8. The number of aromatic amines is 1. The number of piperazine rings is 1. The van der Waals surface area contributed by atoms with E-state index in [0.29, 0.717) is 6.54 Å². The van der Waals surface area contributed by atoms with Crippen LogP contribution in [0, 0.1) is 0 Å². The highest BCUT2D eigenvalue weighted by atomic mass is 35.5. The lowest BCUT2D eigenvalue weighted by Crippen LogP contribution is -2.46. The second-order valence-corrected chi connectivity index (χ2v) is 6.96. The number of nitrogens with one attached hydrogen (secondary N) is 1. The summed E-state index contributed by atoms with van der Waals surface area (Å²) in [6.07, 6.45) is 0. The van der Waals surface area contributed by atoms with E-state index in [1.54, 1.807) is 6.07 Å². The fourth-order valence-electron chi connectivity index (χ4n) is 2.95. The van der Waals surface area contributed by atoms with Crippen molar-refractivity contribution >= 4 is 17.3 Å². The van der Waals surface area contributed by atoms with Gasteiger partial charge in [-0.25, -0.2) is 4.98 Å². The maximum absolute atomic E-state index is 11.8. The quantitative estimate of drug-likeness (QED) is 0.924. The molecule has 2 aromatic rings. The fourth-order valence-corrected chi connectivity index (χ4v) is 3.13. The molecule has 0 aliphatic carbocycles. The molecular weight excluding hydrogens is 324 g/mol. The molecule has 1 fully saturated rings. The third-order valence-corrected chi connectivity index (χ3v) is 4.53. The van der Waals surface area contributed by atoms with Crippen LogP contribution in [0.15, 0.2) is 35.1 Å². The molecule has 1 aliphatic heterocycles. The Morgan fingerprint density at radius 3 is 2.62 bits per heavy atom. The van der Waals surface area contributed by atoms with E-state index in [9.17, 15) is 4.79 Å². The van der Waals surface area contributed by atoms with Gasteiger partial charge >= 0.3 is 0 Å². The summed E-state index contributed by atoms with van der Waals surface area (Å²) in [5.74, 6) is 0.979. The monoisotopic (exact) mass is 346 g/mol. The van der Waals surface area contributed by atoms with Crippen molar-refractivity contribution < 1.29 is 0 Å². The molecule has 1 aromatic heterocycles. The van der Waals surface area contributed by atoms with Crippen molar-refractivity contribution in [2.24, 2.45) is 0 Å². The first-order valence-corrected chi connectivity index (χ1v) is 8.72. The molecule has 6 heteroatoms. The molecule has 0 amide bonds. The normalized spacial score (nSPS) is 15.9. The van der Waals surface area contributed by atoms with Crippen molar-refractivity contribution in [2.75, 3.05) is 31.1 Å². The van der Waals surface area contributed by atoms with Gasteiger partial charge in [0, 0.05) is 55.4 Å². The minimum Gasteiger partial charge on any atom is -0.369 e. The van der Waals surface area contributed by atoms with E-state index in [2.05, 4.69) is 25.8 Å². The Morgan fingerprint density at radius 2 is 1.96 bits per heavy atom. The summed E-state index contributed by atoms with van der Waals surface area (Å²) in [5, 5.41) is 0.767. The van der Waals surface area contributed by atoms with Gasteiger partial charge < -0.3 is 9.88 Å². The van der Waals surface area contributed by atoms with Crippen LogP contribution in [0.5, 0.6) is 0 Å². The SMILES string of the molecule is CC(C)c1nc(CN2CCN(c3cccc(Cl)c3)CC2)cc(=O)[nH]1.